The Morgan fingerprint density at radius 2 is 1.81 bits per heavy atom. The molecular weight excluding hydrogens is 367 g/mol. The first kappa shape index (κ1) is 12.2. The predicted molar refractivity (Wildman–Crippen MR) is 67.1 cm³/mol. The first-order valence-electron chi connectivity index (χ1n) is 4.23. The van der Waals surface area contributed by atoms with Gasteiger partial charge in [-0.3, -0.25) is 0 Å². The van der Waals surface area contributed by atoms with Crippen molar-refractivity contribution >= 4 is 54.4 Å². The monoisotopic (exact) mass is 369 g/mol. The molecule has 84 valence electrons. The fraction of sp³-hybridized carbons (Fsp3) is 0.100. The van der Waals surface area contributed by atoms with E-state index in [1.54, 1.807) is 12.1 Å². The summed E-state index contributed by atoms with van der Waals surface area (Å²) in [5.41, 5.74) is 0.105. The molecule has 1 heterocycles. The second kappa shape index (κ2) is 4.55. The third kappa shape index (κ3) is 2.08. The molecule has 0 bridgehead atoms. The van der Waals surface area contributed by atoms with Gasteiger partial charge < -0.3 is 0 Å². The largest absolute Gasteiger partial charge is 0.280 e. The summed E-state index contributed by atoms with van der Waals surface area (Å²) in [7, 11) is 0. The Labute approximate surface area is 112 Å². The summed E-state index contributed by atoms with van der Waals surface area (Å²) in [6.45, 7) is 0. The van der Waals surface area contributed by atoms with Crippen LogP contribution in [0.3, 0.4) is 0 Å². The number of halogens is 5. The molecule has 0 atom stereocenters. The van der Waals surface area contributed by atoms with Crippen LogP contribution < -0.4 is 0 Å². The molecule has 1 aromatic carbocycles. The van der Waals surface area contributed by atoms with Gasteiger partial charge in [0.25, 0.3) is 6.43 Å². The quantitative estimate of drug-likeness (QED) is 0.658. The summed E-state index contributed by atoms with van der Waals surface area (Å²) >= 11 is 12.5. The number of aromatic nitrogens is 1. The summed E-state index contributed by atoms with van der Waals surface area (Å²) in [6, 6.07) is 4.69. The molecule has 16 heavy (non-hydrogen) atoms. The van der Waals surface area contributed by atoms with Crippen molar-refractivity contribution in [3.8, 4) is 0 Å². The lowest BCUT2D eigenvalue weighted by Crippen LogP contribution is -1.92. The molecule has 2 aromatic rings. The highest BCUT2D eigenvalue weighted by Gasteiger charge is 2.15. The van der Waals surface area contributed by atoms with Gasteiger partial charge >= 0.3 is 0 Å². The summed E-state index contributed by atoms with van der Waals surface area (Å²) in [5.74, 6) is 0. The number of hydrogen-bond acceptors (Lipinski definition) is 1. The first-order valence-corrected chi connectivity index (χ1v) is 6.19. The van der Waals surface area contributed by atoms with Gasteiger partial charge in [-0.05, 0) is 34.1 Å². The molecule has 1 aromatic heterocycles. The van der Waals surface area contributed by atoms with Crippen LogP contribution in [0.25, 0.3) is 10.9 Å². The topological polar surface area (TPSA) is 12.9 Å². The molecule has 0 saturated heterocycles. The molecule has 0 aliphatic heterocycles. The van der Waals surface area contributed by atoms with Gasteiger partial charge in [-0.2, -0.15) is 0 Å². The number of hydrogen-bond donors (Lipinski definition) is 0. The lowest BCUT2D eigenvalue weighted by atomic mass is 10.2. The zero-order valence-electron chi connectivity index (χ0n) is 7.65. The Morgan fingerprint density at radius 1 is 1.19 bits per heavy atom. The maximum atomic E-state index is 12.6. The van der Waals surface area contributed by atoms with Crippen molar-refractivity contribution in [2.24, 2.45) is 0 Å². The number of alkyl halides is 2. The van der Waals surface area contributed by atoms with E-state index in [0.717, 1.165) is 4.47 Å². The third-order valence-electron chi connectivity index (χ3n) is 2.06. The molecule has 0 spiro atoms. The van der Waals surface area contributed by atoms with Crippen molar-refractivity contribution in [3.63, 3.8) is 0 Å². The second-order valence-electron chi connectivity index (χ2n) is 3.08. The van der Waals surface area contributed by atoms with E-state index in [1.807, 2.05) is 0 Å². The molecular formula is C10H4Br2ClF2N. The average molecular weight is 371 g/mol. The van der Waals surface area contributed by atoms with Crippen LogP contribution in [-0.2, 0) is 0 Å². The maximum Gasteiger partial charge on any atom is 0.280 e. The molecule has 0 saturated carbocycles. The van der Waals surface area contributed by atoms with Gasteiger partial charge in [-0.25, -0.2) is 13.8 Å². The van der Waals surface area contributed by atoms with E-state index < -0.39 is 6.43 Å². The van der Waals surface area contributed by atoms with Crippen molar-refractivity contribution in [1.29, 1.82) is 0 Å². The fourth-order valence-electron chi connectivity index (χ4n) is 1.35. The Kier molecular flexibility index (Phi) is 3.47. The van der Waals surface area contributed by atoms with Crippen molar-refractivity contribution in [1.82, 2.24) is 4.98 Å². The third-order valence-corrected chi connectivity index (χ3v) is 3.65. The highest BCUT2D eigenvalue weighted by Crippen LogP contribution is 2.35. The van der Waals surface area contributed by atoms with Crippen molar-refractivity contribution in [2.75, 3.05) is 0 Å². The van der Waals surface area contributed by atoms with E-state index in [4.69, 9.17) is 11.6 Å². The van der Waals surface area contributed by atoms with Crippen molar-refractivity contribution < 1.29 is 8.78 Å². The minimum absolute atomic E-state index is 0.258. The molecule has 0 fully saturated rings. The minimum atomic E-state index is -2.63. The van der Waals surface area contributed by atoms with Crippen LogP contribution in [0, 0.1) is 0 Å². The van der Waals surface area contributed by atoms with Crippen LogP contribution in [0.2, 0.25) is 5.02 Å². The maximum absolute atomic E-state index is 12.6. The number of pyridine rings is 1. The smallest absolute Gasteiger partial charge is 0.245 e. The van der Waals surface area contributed by atoms with E-state index in [1.165, 1.54) is 6.07 Å². The van der Waals surface area contributed by atoms with Gasteiger partial charge in [0.15, 0.2) is 0 Å². The Morgan fingerprint density at radius 3 is 2.44 bits per heavy atom. The molecule has 0 unspecified atom stereocenters. The highest BCUT2D eigenvalue weighted by atomic mass is 79.9. The summed E-state index contributed by atoms with van der Waals surface area (Å²) in [4.78, 5) is 3.88. The lowest BCUT2D eigenvalue weighted by molar-refractivity contribution is 0.146. The van der Waals surface area contributed by atoms with Crippen LogP contribution in [0.1, 0.15) is 12.1 Å². The standard InChI is InChI=1S/C10H4Br2ClF2N/c11-4-1-2-5(12)9-8(4)6(13)3-7(16-9)10(14)15/h1-3,10H. The van der Waals surface area contributed by atoms with E-state index in [0.29, 0.717) is 15.4 Å². The Bertz CT molecular complexity index is 560. The van der Waals surface area contributed by atoms with Gasteiger partial charge in [-0.1, -0.05) is 27.5 Å². The van der Waals surface area contributed by atoms with Gasteiger partial charge in [0, 0.05) is 14.3 Å². The van der Waals surface area contributed by atoms with Gasteiger partial charge in [0.1, 0.15) is 5.69 Å². The first-order chi connectivity index (χ1) is 7.50. The number of benzene rings is 1. The molecule has 0 aliphatic rings. The molecule has 0 amide bonds. The van der Waals surface area contributed by atoms with Crippen molar-refractivity contribution in [3.05, 3.63) is 37.9 Å². The molecule has 0 aliphatic carbocycles. The summed E-state index contributed by atoms with van der Waals surface area (Å²) < 4.78 is 26.5. The van der Waals surface area contributed by atoms with E-state index in [9.17, 15) is 8.78 Å². The van der Waals surface area contributed by atoms with Crippen LogP contribution in [0.15, 0.2) is 27.1 Å². The van der Waals surface area contributed by atoms with Crippen LogP contribution in [0.5, 0.6) is 0 Å². The average Bonchev–Trinajstić information content (AvgIpc) is 2.22. The van der Waals surface area contributed by atoms with Crippen molar-refractivity contribution in [2.45, 2.75) is 6.43 Å². The summed E-state index contributed by atoms with van der Waals surface area (Å²) in [5, 5.41) is 0.883. The zero-order valence-corrected chi connectivity index (χ0v) is 11.6. The van der Waals surface area contributed by atoms with E-state index >= 15 is 0 Å². The molecule has 0 radical (unpaired) electrons. The van der Waals surface area contributed by atoms with E-state index in [-0.39, 0.29) is 10.7 Å². The number of nitrogens with zero attached hydrogens (tertiary/aromatic N) is 1. The second-order valence-corrected chi connectivity index (χ2v) is 5.20. The van der Waals surface area contributed by atoms with Crippen LogP contribution in [0.4, 0.5) is 8.78 Å². The number of rotatable bonds is 1. The molecule has 2 rings (SSSR count). The molecule has 6 heteroatoms. The lowest BCUT2D eigenvalue weighted by Gasteiger charge is -2.07. The Balaban J connectivity index is 2.86. The molecule has 1 nitrogen and oxygen atoms in total. The number of fused-ring (bicyclic) bond motifs is 1. The summed E-state index contributed by atoms with van der Waals surface area (Å²) in [6.07, 6.45) is -2.63. The highest BCUT2D eigenvalue weighted by molar-refractivity contribution is 9.11. The fourth-order valence-corrected chi connectivity index (χ4v) is 2.72. The van der Waals surface area contributed by atoms with Crippen LogP contribution in [-0.4, -0.2) is 4.98 Å². The normalized spacial score (nSPS) is 11.4. The van der Waals surface area contributed by atoms with Gasteiger partial charge in [0.05, 0.1) is 10.5 Å². The minimum Gasteiger partial charge on any atom is -0.245 e. The van der Waals surface area contributed by atoms with Crippen LogP contribution >= 0.6 is 43.5 Å². The SMILES string of the molecule is FC(F)c1cc(Cl)c2c(Br)ccc(Br)c2n1. The van der Waals surface area contributed by atoms with E-state index in [2.05, 4.69) is 36.8 Å². The van der Waals surface area contributed by atoms with Gasteiger partial charge in [-0.15, -0.1) is 0 Å². The van der Waals surface area contributed by atoms with Gasteiger partial charge in [0.2, 0.25) is 0 Å². The zero-order chi connectivity index (χ0) is 11.9. The Hall–Kier alpha value is -0.260. The predicted octanol–water partition coefficient (Wildman–Crippen LogP) is 5.35. The molecule has 0 N–H and O–H groups in total.